The van der Waals surface area contributed by atoms with Crippen molar-refractivity contribution in [2.24, 2.45) is 0 Å². The van der Waals surface area contributed by atoms with Crippen LogP contribution in [0.3, 0.4) is 0 Å². The number of hydrogen-bond acceptors (Lipinski definition) is 4. The summed E-state index contributed by atoms with van der Waals surface area (Å²) >= 11 is 0. The molecule has 0 spiro atoms. The Morgan fingerprint density at radius 2 is 1.52 bits per heavy atom. The molecule has 3 rings (SSSR count). The summed E-state index contributed by atoms with van der Waals surface area (Å²) in [5.74, 6) is -0.487. The molecule has 0 aliphatic carbocycles. The summed E-state index contributed by atoms with van der Waals surface area (Å²) in [6.45, 7) is 11.4. The second kappa shape index (κ2) is 13.6. The number of carbonyl (C=O) groups excluding carboxylic acids is 2. The van der Waals surface area contributed by atoms with E-state index in [4.69, 9.17) is 0 Å². The van der Waals surface area contributed by atoms with E-state index in [0.717, 1.165) is 27.4 Å². The largest absolute Gasteiger partial charge is 0.352 e. The van der Waals surface area contributed by atoms with Gasteiger partial charge in [-0.1, -0.05) is 80.9 Å². The Morgan fingerprint density at radius 3 is 2.10 bits per heavy atom. The summed E-state index contributed by atoms with van der Waals surface area (Å²) in [4.78, 5) is 28.7. The molecule has 2 atom stereocenters. The van der Waals surface area contributed by atoms with Crippen molar-refractivity contribution in [3.05, 3.63) is 95.6 Å². The van der Waals surface area contributed by atoms with Gasteiger partial charge in [0.15, 0.2) is 0 Å². The van der Waals surface area contributed by atoms with Gasteiger partial charge in [-0.25, -0.2) is 8.42 Å². The van der Waals surface area contributed by atoms with E-state index < -0.39 is 28.5 Å². The molecule has 7 nitrogen and oxygen atoms in total. The molecule has 0 radical (unpaired) electrons. The number of nitrogens with one attached hydrogen (secondary N) is 1. The summed E-state index contributed by atoms with van der Waals surface area (Å²) in [5, 5.41) is 2.96. The first-order valence-electron chi connectivity index (χ1n) is 13.8. The smallest absolute Gasteiger partial charge is 0.264 e. The number of hydrogen-bond donors (Lipinski definition) is 1. The number of aryl methyl sites for hydroxylation is 1. The molecule has 3 aromatic carbocycles. The van der Waals surface area contributed by atoms with Crippen LogP contribution in [0, 0.1) is 6.92 Å². The van der Waals surface area contributed by atoms with Gasteiger partial charge in [0.2, 0.25) is 11.8 Å². The molecule has 0 saturated heterocycles. The van der Waals surface area contributed by atoms with Crippen molar-refractivity contribution in [2.75, 3.05) is 10.8 Å². The van der Waals surface area contributed by atoms with Gasteiger partial charge in [-0.05, 0) is 68.5 Å². The minimum atomic E-state index is -4.08. The molecule has 0 unspecified atom stereocenters. The van der Waals surface area contributed by atoms with E-state index in [1.165, 1.54) is 17.0 Å². The van der Waals surface area contributed by atoms with Gasteiger partial charge in [-0.2, -0.15) is 0 Å². The molecule has 0 fully saturated rings. The second-order valence-corrected chi connectivity index (χ2v) is 12.4. The lowest BCUT2D eigenvalue weighted by Crippen LogP contribution is -2.52. The first-order valence-corrected chi connectivity index (χ1v) is 15.2. The van der Waals surface area contributed by atoms with Gasteiger partial charge in [0.05, 0.1) is 10.6 Å². The maximum absolute atomic E-state index is 14.0. The number of nitrogens with zero attached hydrogens (tertiary/aromatic N) is 2. The maximum Gasteiger partial charge on any atom is 0.264 e. The summed E-state index contributed by atoms with van der Waals surface area (Å²) in [6.07, 6.45) is 0.750. The average Bonchev–Trinajstić information content (AvgIpc) is 2.94. The average molecular weight is 564 g/mol. The first-order chi connectivity index (χ1) is 18.9. The molecule has 3 aromatic rings. The van der Waals surface area contributed by atoms with Gasteiger partial charge in [0.1, 0.15) is 12.6 Å². The van der Waals surface area contributed by atoms with Crippen LogP contribution >= 0.6 is 0 Å². The number of anilines is 1. The third-order valence-electron chi connectivity index (χ3n) is 7.06. The normalized spacial score (nSPS) is 13.0. The van der Waals surface area contributed by atoms with Gasteiger partial charge >= 0.3 is 0 Å². The summed E-state index contributed by atoms with van der Waals surface area (Å²) in [5.41, 5.74) is 3.33. The van der Waals surface area contributed by atoms with Crippen molar-refractivity contribution >= 4 is 27.5 Å². The Kier molecular flexibility index (Phi) is 10.5. The van der Waals surface area contributed by atoms with Crippen LogP contribution in [-0.4, -0.2) is 43.8 Å². The van der Waals surface area contributed by atoms with E-state index in [-0.39, 0.29) is 29.3 Å². The lowest BCUT2D eigenvalue weighted by molar-refractivity contribution is -0.139. The molecule has 8 heteroatoms. The molecule has 0 aliphatic heterocycles. The number of carbonyl (C=O) groups is 2. The van der Waals surface area contributed by atoms with Crippen molar-refractivity contribution in [3.8, 4) is 0 Å². The predicted octanol–water partition coefficient (Wildman–Crippen LogP) is 5.65. The molecule has 1 N–H and O–H groups in total. The SMILES string of the molecule is CC[C@@H](C)NC(=O)[C@@H](C)N(Cc1cccc(C)c1)C(=O)CN(c1ccc(C(C)C)cc1)S(=O)(=O)c1ccccc1. The van der Waals surface area contributed by atoms with Crippen molar-refractivity contribution in [2.45, 2.75) is 77.4 Å². The highest BCUT2D eigenvalue weighted by molar-refractivity contribution is 7.92. The van der Waals surface area contributed by atoms with Crippen molar-refractivity contribution in [3.63, 3.8) is 0 Å². The van der Waals surface area contributed by atoms with E-state index in [2.05, 4.69) is 19.2 Å². The zero-order valence-corrected chi connectivity index (χ0v) is 25.1. The summed E-state index contributed by atoms with van der Waals surface area (Å²) < 4.78 is 28.9. The van der Waals surface area contributed by atoms with E-state index in [9.17, 15) is 18.0 Å². The summed E-state index contributed by atoms with van der Waals surface area (Å²) in [6, 6.07) is 22.2. The lowest BCUT2D eigenvalue weighted by Gasteiger charge is -2.32. The standard InChI is InChI=1S/C32H41N3O4S/c1-7-25(5)33-32(37)26(6)34(21-27-13-11-12-24(4)20-27)31(36)22-35(29-18-16-28(17-19-29)23(2)3)40(38,39)30-14-9-8-10-15-30/h8-20,23,25-26H,7,21-22H2,1-6H3,(H,33,37)/t25-,26-/m1/s1. The zero-order valence-electron chi connectivity index (χ0n) is 24.3. The van der Waals surface area contributed by atoms with E-state index in [0.29, 0.717) is 5.69 Å². The molecule has 2 amide bonds. The van der Waals surface area contributed by atoms with E-state index in [1.807, 2.05) is 57.2 Å². The quantitative estimate of drug-likeness (QED) is 0.309. The molecule has 0 bridgehead atoms. The Hall–Kier alpha value is -3.65. The Morgan fingerprint density at radius 1 is 0.875 bits per heavy atom. The van der Waals surface area contributed by atoms with Gasteiger partial charge in [0.25, 0.3) is 10.0 Å². The highest BCUT2D eigenvalue weighted by Crippen LogP contribution is 2.26. The Balaban J connectivity index is 2.03. The second-order valence-electron chi connectivity index (χ2n) is 10.6. The monoisotopic (exact) mass is 563 g/mol. The van der Waals surface area contributed by atoms with Crippen LogP contribution in [0.25, 0.3) is 0 Å². The topological polar surface area (TPSA) is 86.8 Å². The van der Waals surface area contributed by atoms with Gasteiger partial charge in [0, 0.05) is 12.6 Å². The molecular formula is C32H41N3O4S. The van der Waals surface area contributed by atoms with Gasteiger partial charge in [-0.15, -0.1) is 0 Å². The third kappa shape index (κ3) is 7.72. The van der Waals surface area contributed by atoms with Crippen LogP contribution in [0.5, 0.6) is 0 Å². The van der Waals surface area contributed by atoms with Crippen LogP contribution in [0.4, 0.5) is 5.69 Å². The van der Waals surface area contributed by atoms with Crippen molar-refractivity contribution in [1.29, 1.82) is 0 Å². The van der Waals surface area contributed by atoms with E-state index >= 15 is 0 Å². The molecule has 0 saturated carbocycles. The zero-order chi connectivity index (χ0) is 29.4. The molecule has 40 heavy (non-hydrogen) atoms. The van der Waals surface area contributed by atoms with Crippen LogP contribution < -0.4 is 9.62 Å². The molecular weight excluding hydrogens is 522 g/mol. The molecule has 0 aliphatic rings. The number of rotatable bonds is 12. The van der Waals surface area contributed by atoms with Crippen LogP contribution in [0.1, 0.15) is 63.6 Å². The minimum absolute atomic E-state index is 0.0553. The molecule has 214 valence electrons. The van der Waals surface area contributed by atoms with Crippen LogP contribution in [0.2, 0.25) is 0 Å². The lowest BCUT2D eigenvalue weighted by atomic mass is 10.0. The highest BCUT2D eigenvalue weighted by Gasteiger charge is 2.32. The fourth-order valence-corrected chi connectivity index (χ4v) is 5.76. The fraction of sp³-hybridized carbons (Fsp3) is 0.375. The summed E-state index contributed by atoms with van der Waals surface area (Å²) in [7, 11) is -4.08. The Labute approximate surface area is 239 Å². The molecule has 0 heterocycles. The molecule has 0 aromatic heterocycles. The van der Waals surface area contributed by atoms with Crippen molar-refractivity contribution in [1.82, 2.24) is 10.2 Å². The van der Waals surface area contributed by atoms with Crippen LogP contribution in [0.15, 0.2) is 83.8 Å². The maximum atomic E-state index is 14.0. The van der Waals surface area contributed by atoms with Crippen molar-refractivity contribution < 1.29 is 18.0 Å². The Bertz CT molecular complexity index is 1390. The highest BCUT2D eigenvalue weighted by atomic mass is 32.2. The fourth-order valence-electron chi connectivity index (χ4n) is 4.33. The number of benzene rings is 3. The van der Waals surface area contributed by atoms with Gasteiger partial charge in [-0.3, -0.25) is 13.9 Å². The first kappa shape index (κ1) is 30.9. The van der Waals surface area contributed by atoms with E-state index in [1.54, 1.807) is 37.3 Å². The predicted molar refractivity (Wildman–Crippen MR) is 161 cm³/mol. The minimum Gasteiger partial charge on any atom is -0.352 e. The van der Waals surface area contributed by atoms with Gasteiger partial charge < -0.3 is 10.2 Å². The number of sulfonamides is 1. The number of amides is 2. The van der Waals surface area contributed by atoms with Crippen LogP contribution in [-0.2, 0) is 26.2 Å². The third-order valence-corrected chi connectivity index (χ3v) is 8.85.